The summed E-state index contributed by atoms with van der Waals surface area (Å²) in [7, 11) is 3.07. The Hall–Kier alpha value is -3.16. The third-order valence-corrected chi connectivity index (χ3v) is 4.37. The number of para-hydroxylation sites is 1. The lowest BCUT2D eigenvalue weighted by molar-refractivity contribution is -0.523. The van der Waals surface area contributed by atoms with Gasteiger partial charge in [0.15, 0.2) is 0 Å². The van der Waals surface area contributed by atoms with Crippen LogP contribution in [0.15, 0.2) is 35.6 Å². The summed E-state index contributed by atoms with van der Waals surface area (Å²) in [6.45, 7) is 0. The van der Waals surface area contributed by atoms with Gasteiger partial charge in [0, 0.05) is 36.8 Å². The second kappa shape index (κ2) is 4.42. The van der Waals surface area contributed by atoms with Crippen LogP contribution in [-0.4, -0.2) is 53.0 Å². The number of carbonyl (C=O) groups is 2. The van der Waals surface area contributed by atoms with Gasteiger partial charge in [-0.3, -0.25) is 19.6 Å². The van der Waals surface area contributed by atoms with E-state index >= 15 is 0 Å². The van der Waals surface area contributed by atoms with Gasteiger partial charge in [0.2, 0.25) is 5.84 Å². The molecule has 0 saturated carbocycles. The minimum absolute atomic E-state index is 0.317. The van der Waals surface area contributed by atoms with E-state index in [-0.39, 0.29) is 5.91 Å². The summed E-state index contributed by atoms with van der Waals surface area (Å²) >= 11 is 0. The Morgan fingerprint density at radius 1 is 1.17 bits per heavy atom. The number of amidine groups is 1. The lowest BCUT2D eigenvalue weighted by atomic mass is 9.85. The van der Waals surface area contributed by atoms with E-state index in [1.165, 1.54) is 18.3 Å². The quantitative estimate of drug-likeness (QED) is 0.625. The maximum atomic E-state index is 13.1. The van der Waals surface area contributed by atoms with E-state index in [0.29, 0.717) is 5.84 Å². The van der Waals surface area contributed by atoms with Gasteiger partial charge in [-0.2, -0.15) is 5.43 Å². The largest absolute Gasteiger partial charge is 0.361 e. The molecule has 8 nitrogen and oxygen atoms in total. The second-order valence-corrected chi connectivity index (χ2v) is 5.56. The minimum Gasteiger partial charge on any atom is -0.361 e. The zero-order valence-electron chi connectivity index (χ0n) is 12.6. The van der Waals surface area contributed by atoms with Crippen LogP contribution in [0.25, 0.3) is 10.9 Å². The van der Waals surface area contributed by atoms with Gasteiger partial charge in [-0.15, -0.1) is 0 Å². The third kappa shape index (κ3) is 1.54. The van der Waals surface area contributed by atoms with E-state index in [0.717, 1.165) is 21.4 Å². The molecule has 2 aromatic rings. The number of H-pyrrole nitrogens is 1. The molecule has 0 bridgehead atoms. The first-order chi connectivity index (χ1) is 11.1. The fourth-order valence-electron chi connectivity index (χ4n) is 3.22. The molecule has 4 rings (SSSR count). The smallest absolute Gasteiger partial charge is 0.331 e. The molecule has 116 valence electrons. The van der Waals surface area contributed by atoms with Crippen LogP contribution in [0.1, 0.15) is 5.56 Å². The van der Waals surface area contributed by atoms with Crippen molar-refractivity contribution >= 4 is 35.0 Å². The number of hydrogen-bond donors (Lipinski definition) is 3. The van der Waals surface area contributed by atoms with Crippen molar-refractivity contribution in [3.8, 4) is 0 Å². The number of aromatic amines is 1. The molecule has 1 atom stereocenters. The highest BCUT2D eigenvalue weighted by atomic mass is 16.2. The van der Waals surface area contributed by atoms with E-state index in [4.69, 9.17) is 0 Å². The summed E-state index contributed by atoms with van der Waals surface area (Å²) in [5.41, 5.74) is 3.07. The molecule has 3 N–H and O–H groups in total. The predicted molar refractivity (Wildman–Crippen MR) is 83.5 cm³/mol. The van der Waals surface area contributed by atoms with Crippen LogP contribution in [0.4, 0.5) is 4.79 Å². The van der Waals surface area contributed by atoms with Gasteiger partial charge in [0.25, 0.3) is 17.8 Å². The fourth-order valence-corrected chi connectivity index (χ4v) is 3.22. The molecule has 2 aliphatic rings. The lowest BCUT2D eigenvalue weighted by Crippen LogP contribution is -2.95. The van der Waals surface area contributed by atoms with E-state index in [2.05, 4.69) is 20.5 Å². The number of hydrazone groups is 1. The number of nitrogens with zero attached hydrogens (tertiary/aromatic N) is 3. The first-order valence-corrected chi connectivity index (χ1v) is 7.13. The van der Waals surface area contributed by atoms with Gasteiger partial charge in [-0.1, -0.05) is 23.3 Å². The number of amides is 3. The van der Waals surface area contributed by atoms with Gasteiger partial charge in [-0.25, -0.2) is 4.79 Å². The Morgan fingerprint density at radius 2 is 1.96 bits per heavy atom. The van der Waals surface area contributed by atoms with Crippen molar-refractivity contribution in [3.05, 3.63) is 36.0 Å². The Labute approximate surface area is 131 Å². The second-order valence-electron chi connectivity index (χ2n) is 5.56. The maximum absolute atomic E-state index is 13.1. The summed E-state index contributed by atoms with van der Waals surface area (Å²) in [6, 6.07) is 7.27. The normalized spacial score (nSPS) is 23.8. The molecule has 1 aromatic carbocycles. The first-order valence-electron chi connectivity index (χ1n) is 7.13. The number of hydrogen-bond acceptors (Lipinski definition) is 4. The average molecular weight is 311 g/mol. The zero-order valence-corrected chi connectivity index (χ0v) is 12.6. The molecule has 0 radical (unpaired) electrons. The number of urea groups is 1. The number of imide groups is 1. The van der Waals surface area contributed by atoms with Gasteiger partial charge in [0.1, 0.15) is 0 Å². The Balaban J connectivity index is 2.04. The van der Waals surface area contributed by atoms with Crippen molar-refractivity contribution in [3.63, 3.8) is 0 Å². The number of likely N-dealkylation sites (N-methyl/N-ethyl adjacent to an activating group) is 2. The molecule has 1 fully saturated rings. The Kier molecular flexibility index (Phi) is 2.59. The van der Waals surface area contributed by atoms with Gasteiger partial charge < -0.3 is 4.98 Å². The Bertz CT molecular complexity index is 898. The van der Waals surface area contributed by atoms with Crippen molar-refractivity contribution in [2.45, 2.75) is 5.54 Å². The fraction of sp³-hybridized carbons (Fsp3) is 0.200. The number of benzene rings is 1. The van der Waals surface area contributed by atoms with Crippen molar-refractivity contribution in [1.82, 2.24) is 20.2 Å². The third-order valence-electron chi connectivity index (χ3n) is 4.37. The molecule has 8 heteroatoms. The van der Waals surface area contributed by atoms with Crippen LogP contribution in [0.2, 0.25) is 0 Å². The molecule has 23 heavy (non-hydrogen) atoms. The van der Waals surface area contributed by atoms with Crippen molar-refractivity contribution in [1.29, 1.82) is 0 Å². The number of rotatable bonds is 1. The molecule has 2 aliphatic heterocycles. The van der Waals surface area contributed by atoms with Crippen molar-refractivity contribution in [2.75, 3.05) is 14.1 Å². The summed E-state index contributed by atoms with van der Waals surface area (Å²) in [5.74, 6) is -0.0558. The Morgan fingerprint density at radius 3 is 2.78 bits per heavy atom. The monoisotopic (exact) mass is 311 g/mol. The van der Waals surface area contributed by atoms with E-state index in [1.807, 2.05) is 24.3 Å². The van der Waals surface area contributed by atoms with Gasteiger partial charge in [0.05, 0.1) is 0 Å². The van der Waals surface area contributed by atoms with Crippen molar-refractivity contribution < 1.29 is 14.6 Å². The van der Waals surface area contributed by atoms with Gasteiger partial charge >= 0.3 is 6.03 Å². The van der Waals surface area contributed by atoms with Crippen LogP contribution in [0.5, 0.6) is 0 Å². The highest BCUT2D eigenvalue weighted by molar-refractivity contribution is 6.24. The molecule has 3 heterocycles. The predicted octanol–water partition coefficient (Wildman–Crippen LogP) is -1.09. The highest BCUT2D eigenvalue weighted by Gasteiger charge is 2.59. The molecule has 0 aliphatic carbocycles. The zero-order chi connectivity index (χ0) is 16.2. The number of nitrogens with one attached hydrogen (secondary N) is 3. The van der Waals surface area contributed by atoms with Crippen LogP contribution in [-0.2, 0) is 10.3 Å². The highest BCUT2D eigenvalue weighted by Crippen LogP contribution is 2.32. The molecule has 3 amide bonds. The van der Waals surface area contributed by atoms with Crippen LogP contribution in [0, 0.1) is 0 Å². The molecular weight excluding hydrogens is 296 g/mol. The van der Waals surface area contributed by atoms with Gasteiger partial charge in [-0.05, 0) is 6.07 Å². The molecule has 1 aromatic heterocycles. The molecule has 0 spiro atoms. The summed E-state index contributed by atoms with van der Waals surface area (Å²) in [6.07, 6.45) is 3.28. The standard InChI is InChI=1S/C15H14N6O2/c1-20-12-15(17-8-18-19-12,13(22)21(2)14(20)23)10-7-16-11-6-4-3-5-9(10)11/h3-8,16H,1-2H3,(H,17,18)/p+1/t15-/m1/s1. The number of carbonyl (C=O) groups excluding carboxylic acids is 2. The maximum Gasteiger partial charge on any atom is 0.331 e. The first kappa shape index (κ1) is 13.5. The van der Waals surface area contributed by atoms with E-state index < -0.39 is 11.6 Å². The SMILES string of the molecule is CN1C(=O)N(C)C2=NNC=[NH+][C@@]2(c2c[nH]c3ccccc23)C1=O. The minimum atomic E-state index is -1.25. The van der Waals surface area contributed by atoms with Crippen LogP contribution < -0.4 is 10.4 Å². The van der Waals surface area contributed by atoms with E-state index in [9.17, 15) is 9.59 Å². The van der Waals surface area contributed by atoms with Crippen LogP contribution >= 0.6 is 0 Å². The topological polar surface area (TPSA) is 94.8 Å². The number of fused-ring (bicyclic) bond motifs is 2. The number of aromatic nitrogens is 1. The summed E-state index contributed by atoms with van der Waals surface area (Å²) in [5, 5.41) is 5.09. The molecule has 1 saturated heterocycles. The molecule has 0 unspecified atom stereocenters. The lowest BCUT2D eigenvalue weighted by Gasteiger charge is -2.40. The summed E-state index contributed by atoms with van der Waals surface area (Å²) < 4.78 is 0. The van der Waals surface area contributed by atoms with E-state index in [1.54, 1.807) is 13.2 Å². The van der Waals surface area contributed by atoms with Crippen molar-refractivity contribution in [2.24, 2.45) is 5.10 Å². The summed E-state index contributed by atoms with van der Waals surface area (Å²) in [4.78, 5) is 34.0. The van der Waals surface area contributed by atoms with Crippen LogP contribution in [0.3, 0.4) is 0 Å². The molecular formula is C15H15N6O2+. The average Bonchev–Trinajstić information content (AvgIpc) is 3.02.